The van der Waals surface area contributed by atoms with E-state index in [4.69, 9.17) is 29.3 Å². The Kier molecular flexibility index (Phi) is 6.80. The molecule has 11 heteroatoms. The maximum Gasteiger partial charge on any atom is 0.414 e. The number of carboxylic acids is 2. The summed E-state index contributed by atoms with van der Waals surface area (Å²) < 4.78 is 14.4. The first-order chi connectivity index (χ1) is 12.4. The zero-order valence-electron chi connectivity index (χ0n) is 13.4. The molecule has 2 aromatic rings. The quantitative estimate of drug-likeness (QED) is 0.589. The van der Waals surface area contributed by atoms with Crippen molar-refractivity contribution in [2.75, 3.05) is 13.2 Å². The van der Waals surface area contributed by atoms with Crippen molar-refractivity contribution in [1.29, 1.82) is 0 Å². The summed E-state index contributed by atoms with van der Waals surface area (Å²) in [6, 6.07) is 7.72. The molecule has 1 aliphatic heterocycles. The lowest BCUT2D eigenvalue weighted by molar-refractivity contribution is -0.191. The molecule has 1 fully saturated rings. The molecular formula is C15H16BrN3O7. The second-order valence-corrected chi connectivity index (χ2v) is 6.11. The summed E-state index contributed by atoms with van der Waals surface area (Å²) in [5.41, 5.74) is 0.882. The normalized spacial score (nSPS) is 21.7. The monoisotopic (exact) mass is 429 g/mol. The fraction of sp³-hybridized carbons (Fsp3) is 0.333. The van der Waals surface area contributed by atoms with Gasteiger partial charge in [0, 0.05) is 10.0 Å². The first-order valence-electron chi connectivity index (χ1n) is 7.33. The van der Waals surface area contributed by atoms with Crippen LogP contribution in [0, 0.1) is 0 Å². The van der Waals surface area contributed by atoms with Crippen molar-refractivity contribution in [2.24, 2.45) is 0 Å². The number of ether oxygens (including phenoxy) is 2. The van der Waals surface area contributed by atoms with Gasteiger partial charge in [0.1, 0.15) is 25.3 Å². The van der Waals surface area contributed by atoms with Gasteiger partial charge in [0.15, 0.2) is 0 Å². The minimum Gasteiger partial charge on any atom is -0.473 e. The molecule has 2 heterocycles. The fourth-order valence-electron chi connectivity index (χ4n) is 2.21. The number of carbonyl (C=O) groups is 2. The topological polar surface area (TPSA) is 144 Å². The van der Waals surface area contributed by atoms with Crippen molar-refractivity contribution < 1.29 is 34.4 Å². The van der Waals surface area contributed by atoms with Crippen LogP contribution in [-0.4, -0.2) is 61.3 Å². The van der Waals surface area contributed by atoms with Crippen LogP contribution in [0.15, 0.2) is 41.4 Å². The molecule has 0 saturated carbocycles. The van der Waals surface area contributed by atoms with E-state index in [1.807, 2.05) is 24.3 Å². The fourth-order valence-corrected chi connectivity index (χ4v) is 2.48. The van der Waals surface area contributed by atoms with Gasteiger partial charge in [0.05, 0.1) is 13.2 Å². The molecule has 3 rings (SSSR count). The SMILES string of the molecule is O=C(O)C(=O)O.OC[C@@H]1CO[C@@](Cn2cncn2)(c2ccc(Br)cc2)O1. The molecule has 1 aromatic heterocycles. The largest absolute Gasteiger partial charge is 0.473 e. The first-order valence-corrected chi connectivity index (χ1v) is 8.13. The molecule has 0 aliphatic carbocycles. The second-order valence-electron chi connectivity index (χ2n) is 5.20. The van der Waals surface area contributed by atoms with Crippen LogP contribution in [0.5, 0.6) is 0 Å². The summed E-state index contributed by atoms with van der Waals surface area (Å²) in [6.07, 6.45) is 2.75. The van der Waals surface area contributed by atoms with E-state index < -0.39 is 17.7 Å². The Hall–Kier alpha value is -2.34. The summed E-state index contributed by atoms with van der Waals surface area (Å²) >= 11 is 3.41. The molecule has 0 radical (unpaired) electrons. The number of hydrogen-bond donors (Lipinski definition) is 3. The van der Waals surface area contributed by atoms with Gasteiger partial charge in [-0.1, -0.05) is 28.1 Å². The molecule has 10 nitrogen and oxygen atoms in total. The third kappa shape index (κ3) is 5.08. The molecule has 2 atom stereocenters. The minimum absolute atomic E-state index is 0.0738. The van der Waals surface area contributed by atoms with Gasteiger partial charge in [0.2, 0.25) is 5.79 Å². The third-order valence-electron chi connectivity index (χ3n) is 3.37. The number of aromatic nitrogens is 3. The van der Waals surface area contributed by atoms with Crippen LogP contribution in [0.1, 0.15) is 5.56 Å². The van der Waals surface area contributed by atoms with Crippen LogP contribution >= 0.6 is 15.9 Å². The Morgan fingerprint density at radius 3 is 2.38 bits per heavy atom. The van der Waals surface area contributed by atoms with Gasteiger partial charge in [-0.25, -0.2) is 19.3 Å². The number of hydrogen-bond acceptors (Lipinski definition) is 7. The van der Waals surface area contributed by atoms with Gasteiger partial charge in [-0.2, -0.15) is 5.10 Å². The number of aliphatic hydroxyl groups is 1. The average Bonchev–Trinajstić information content (AvgIpc) is 3.26. The highest BCUT2D eigenvalue weighted by Gasteiger charge is 2.43. The van der Waals surface area contributed by atoms with Crippen molar-refractivity contribution in [3.8, 4) is 0 Å². The van der Waals surface area contributed by atoms with Crippen molar-refractivity contribution in [3.63, 3.8) is 0 Å². The highest BCUT2D eigenvalue weighted by molar-refractivity contribution is 9.10. The number of benzene rings is 1. The van der Waals surface area contributed by atoms with E-state index in [1.54, 1.807) is 11.0 Å². The van der Waals surface area contributed by atoms with E-state index in [-0.39, 0.29) is 12.7 Å². The lowest BCUT2D eigenvalue weighted by Crippen LogP contribution is -2.34. The van der Waals surface area contributed by atoms with E-state index in [1.165, 1.54) is 6.33 Å². The predicted octanol–water partition coefficient (Wildman–Crippen LogP) is 0.457. The predicted molar refractivity (Wildman–Crippen MR) is 89.0 cm³/mol. The van der Waals surface area contributed by atoms with E-state index in [0.717, 1.165) is 10.0 Å². The maximum absolute atomic E-state index is 9.27. The van der Waals surface area contributed by atoms with Crippen LogP contribution in [-0.2, 0) is 31.4 Å². The van der Waals surface area contributed by atoms with E-state index in [9.17, 15) is 5.11 Å². The van der Waals surface area contributed by atoms with Gasteiger partial charge in [-0.15, -0.1) is 0 Å². The molecule has 140 valence electrons. The zero-order valence-corrected chi connectivity index (χ0v) is 14.9. The molecule has 0 spiro atoms. The summed E-state index contributed by atoms with van der Waals surface area (Å²) in [5, 5.41) is 28.1. The molecule has 0 bridgehead atoms. The van der Waals surface area contributed by atoms with Crippen LogP contribution in [0.25, 0.3) is 0 Å². The standard InChI is InChI=1S/C13H14BrN3O3.C2H2O4/c14-11-3-1-10(2-4-11)13(7-17-9-15-8-16-17)19-6-12(5-18)20-13;3-1(4)2(5)6/h1-4,8-9,12,18H,5-7H2;(H,3,4)(H,5,6)/t12-,13-;/m1./s1. The Bertz CT molecular complexity index is 726. The maximum atomic E-state index is 9.27. The van der Waals surface area contributed by atoms with Crippen molar-refractivity contribution in [1.82, 2.24) is 14.8 Å². The third-order valence-corrected chi connectivity index (χ3v) is 3.90. The number of halogens is 1. The highest BCUT2D eigenvalue weighted by atomic mass is 79.9. The van der Waals surface area contributed by atoms with Gasteiger partial charge < -0.3 is 24.8 Å². The van der Waals surface area contributed by atoms with E-state index >= 15 is 0 Å². The number of nitrogens with zero attached hydrogens (tertiary/aromatic N) is 3. The Morgan fingerprint density at radius 1 is 1.27 bits per heavy atom. The average molecular weight is 430 g/mol. The first kappa shape index (κ1) is 20.0. The second kappa shape index (κ2) is 8.85. The van der Waals surface area contributed by atoms with Crippen molar-refractivity contribution in [3.05, 3.63) is 47.0 Å². The summed E-state index contributed by atoms with van der Waals surface area (Å²) in [4.78, 5) is 22.1. The Labute approximate surface area is 156 Å². The molecule has 26 heavy (non-hydrogen) atoms. The van der Waals surface area contributed by atoms with E-state index in [2.05, 4.69) is 26.0 Å². The smallest absolute Gasteiger partial charge is 0.414 e. The molecule has 3 N–H and O–H groups in total. The Morgan fingerprint density at radius 2 is 1.92 bits per heavy atom. The molecule has 1 saturated heterocycles. The van der Waals surface area contributed by atoms with Crippen LogP contribution < -0.4 is 0 Å². The van der Waals surface area contributed by atoms with Crippen molar-refractivity contribution >= 4 is 27.9 Å². The van der Waals surface area contributed by atoms with E-state index in [0.29, 0.717) is 13.2 Å². The number of rotatable bonds is 4. The molecular weight excluding hydrogens is 414 g/mol. The molecule has 0 amide bonds. The summed E-state index contributed by atoms with van der Waals surface area (Å²) in [6.45, 7) is 0.655. The molecule has 0 unspecified atom stereocenters. The van der Waals surface area contributed by atoms with Gasteiger partial charge in [0.25, 0.3) is 0 Å². The number of carboxylic acid groups (broad SMARTS) is 2. The molecule has 1 aromatic carbocycles. The number of aliphatic carboxylic acids is 2. The molecule has 1 aliphatic rings. The number of aliphatic hydroxyl groups excluding tert-OH is 1. The summed E-state index contributed by atoms with van der Waals surface area (Å²) in [7, 11) is 0. The van der Waals surface area contributed by atoms with Crippen LogP contribution in [0.2, 0.25) is 0 Å². The Balaban J connectivity index is 0.000000352. The zero-order chi connectivity index (χ0) is 19.2. The van der Waals surface area contributed by atoms with Crippen LogP contribution in [0.4, 0.5) is 0 Å². The van der Waals surface area contributed by atoms with Crippen molar-refractivity contribution in [2.45, 2.75) is 18.4 Å². The van der Waals surface area contributed by atoms with Gasteiger partial charge >= 0.3 is 11.9 Å². The lowest BCUT2D eigenvalue weighted by Gasteiger charge is -2.28. The summed E-state index contributed by atoms with van der Waals surface area (Å²) in [5.74, 6) is -4.59. The van der Waals surface area contributed by atoms with Gasteiger partial charge in [-0.05, 0) is 12.1 Å². The van der Waals surface area contributed by atoms with Crippen LogP contribution in [0.3, 0.4) is 0 Å². The van der Waals surface area contributed by atoms with Gasteiger partial charge in [-0.3, -0.25) is 0 Å². The highest BCUT2D eigenvalue weighted by Crippen LogP contribution is 2.36. The minimum atomic E-state index is -1.82. The lowest BCUT2D eigenvalue weighted by atomic mass is 10.1.